The standard InChI is InChI=1S/C17H12BrN.B58/c18-16-6-2-1-5-15(16)13-8-10-14(11-9-13)17-7-3-4-12-19-17;1-31(2)46(32(3)4)53(45(29)30)57(54(47(33(5)6)34(7)8)48(35(9)10)36(11)12)58(55(49(37(13)14)38(15)16)50(39(17)18)40(19)20)56(51(41(21)22)42(23)24)52(43(25)26)44(27)28/h1-12H;. The fraction of sp³-hybridized carbons (Fsp3) is 0. The summed E-state index contributed by atoms with van der Waals surface area (Å²) in [6, 6.07) is 22.7. The zero-order valence-electron chi connectivity index (χ0n) is 43.7. The van der Waals surface area contributed by atoms with Gasteiger partial charge in [-0.05, 0) is 29.3 Å². The first kappa shape index (κ1) is 74.9. The van der Waals surface area contributed by atoms with Gasteiger partial charge >= 0.3 is 0 Å². The minimum Gasteiger partial charge on any atom is -0.256 e. The number of rotatable bonds is 29. The summed E-state index contributed by atoms with van der Waals surface area (Å²) in [5, 5.41) is 0. The van der Waals surface area contributed by atoms with Gasteiger partial charge in [-0.25, -0.2) is 0 Å². The van der Waals surface area contributed by atoms with Gasteiger partial charge in [0.05, 0.1) is 5.69 Å². The molecule has 3 aromatic rings. The van der Waals surface area contributed by atoms with Crippen molar-refractivity contribution in [2.75, 3.05) is 0 Å². The van der Waals surface area contributed by atoms with Gasteiger partial charge in [-0.3, -0.25) is 4.98 Å². The third-order valence-corrected chi connectivity index (χ3v) is 15.7. The monoisotopic (exact) mass is 948 g/mol. The van der Waals surface area contributed by atoms with Crippen LogP contribution in [0.2, 0.25) is 0 Å². The molecule has 1 aromatic heterocycles. The van der Waals surface area contributed by atoms with Crippen LogP contribution in [0, 0.1) is 0 Å². The van der Waals surface area contributed by atoms with Crippen LogP contribution >= 0.6 is 15.9 Å². The Kier molecular flexibility index (Phi) is 34.5. The van der Waals surface area contributed by atoms with Crippen molar-refractivity contribution >= 4 is 427 Å². The highest BCUT2D eigenvalue weighted by atomic mass is 79.9. The first-order valence-corrected chi connectivity index (χ1v) is 25.9. The average molecular weight is 937 g/mol. The molecule has 3 rings (SSSR count). The van der Waals surface area contributed by atoms with Crippen molar-refractivity contribution in [3.8, 4) is 22.4 Å². The predicted octanol–water partition coefficient (Wildman–Crippen LogP) is -16.9. The molecule has 1 nitrogen and oxygen atoms in total. The van der Waals surface area contributed by atoms with E-state index in [0.717, 1.165) is 15.7 Å². The van der Waals surface area contributed by atoms with E-state index < -0.39 is 179 Å². The summed E-state index contributed by atoms with van der Waals surface area (Å²) in [6.07, 6.45) is -37.5. The van der Waals surface area contributed by atoms with Gasteiger partial charge in [-0.15, -0.1) is 0 Å². The zero-order valence-corrected chi connectivity index (χ0v) is 45.3. The van der Waals surface area contributed by atoms with Crippen molar-refractivity contribution in [1.82, 2.24) is 4.98 Å². The third-order valence-electron chi connectivity index (χ3n) is 15.0. The van der Waals surface area contributed by atoms with Crippen LogP contribution in [0.3, 0.4) is 0 Å². The molecular formula is C17H12B58BrN. The molecule has 0 amide bonds. The van der Waals surface area contributed by atoms with E-state index in [4.69, 9.17) is 232 Å². The Morgan fingerprint density at radius 3 is 0.701 bits per heavy atom. The van der Waals surface area contributed by atoms with Gasteiger partial charge in [-0.1, -0.05) is 64.5 Å². The quantitative estimate of drug-likeness (QED) is 0.0632. The molecule has 0 saturated heterocycles. The molecule has 266 valence electrons. The van der Waals surface area contributed by atoms with Crippen molar-refractivity contribution in [2.45, 2.75) is 0 Å². The van der Waals surface area contributed by atoms with Crippen molar-refractivity contribution in [2.24, 2.45) is 0 Å². The van der Waals surface area contributed by atoms with E-state index in [2.05, 4.69) is 57.3 Å². The SMILES string of the molecule is Brc1ccccc1-c1ccc(-c2ccccn2)cc1.[B]B([B])B(B([B])[B])B(B([B])[B])B(B(B(B([B])[B])B([B])[B])B(B([B])[B])B([B])[B])B(B(B(B([B])[B])B([B])[B])B(B([B])[B])B([B])[B])B(B(B([B])[B])B([B])[B])B(B([B])[B])B([B])[B]. The Morgan fingerprint density at radius 1 is 0.234 bits per heavy atom. The number of halogens is 1. The van der Waals surface area contributed by atoms with Gasteiger partial charge in [0, 0.05) is 427 Å². The summed E-state index contributed by atoms with van der Waals surface area (Å²) in [5.41, 5.74) is 4.54. The van der Waals surface area contributed by atoms with Gasteiger partial charge < -0.3 is 0 Å². The maximum atomic E-state index is 6.79. The van der Waals surface area contributed by atoms with Crippen LogP contribution in [0.1, 0.15) is 0 Å². The van der Waals surface area contributed by atoms with Crippen LogP contribution in [0.5, 0.6) is 0 Å². The topological polar surface area (TPSA) is 12.9 Å². The van der Waals surface area contributed by atoms with Crippen LogP contribution in [0.4, 0.5) is 0 Å². The molecule has 0 aliphatic heterocycles. The highest BCUT2D eigenvalue weighted by molar-refractivity contribution is 9.10. The molecule has 0 atom stereocenters. The van der Waals surface area contributed by atoms with Crippen molar-refractivity contribution in [3.05, 3.63) is 77.4 Å². The van der Waals surface area contributed by atoms with E-state index in [0.29, 0.717) is 0 Å². The molecule has 0 fully saturated rings. The van der Waals surface area contributed by atoms with Gasteiger partial charge in [0.2, 0.25) is 0 Å². The second kappa shape index (κ2) is 35.5. The van der Waals surface area contributed by atoms with Crippen molar-refractivity contribution in [3.63, 3.8) is 0 Å². The fourth-order valence-electron chi connectivity index (χ4n) is 12.1. The van der Waals surface area contributed by atoms with E-state index in [1.807, 2.05) is 36.5 Å². The summed E-state index contributed by atoms with van der Waals surface area (Å²) in [7, 11) is 197. The lowest BCUT2D eigenvalue weighted by Crippen LogP contribution is -2.96. The molecule has 0 saturated carbocycles. The number of pyridine rings is 1. The summed E-state index contributed by atoms with van der Waals surface area (Å²) < 4.78 is 1.11. The maximum absolute atomic E-state index is 6.79. The van der Waals surface area contributed by atoms with Gasteiger partial charge in [0.15, 0.2) is 0 Å². The Hall–Kier alpha value is 1.84. The van der Waals surface area contributed by atoms with Crippen LogP contribution in [0.15, 0.2) is 77.4 Å². The summed E-state index contributed by atoms with van der Waals surface area (Å²) in [5.74, 6) is 0. The number of aromatic nitrogens is 1. The molecule has 1 heterocycles. The van der Waals surface area contributed by atoms with Gasteiger partial charge in [-0.2, -0.15) is 0 Å². The zero-order chi connectivity index (χ0) is 59.2. The summed E-state index contributed by atoms with van der Waals surface area (Å²) in [4.78, 5) is 4.36. The Labute approximate surface area is 526 Å². The Balaban J connectivity index is 0.000000874. The number of hydrogen-bond donors (Lipinski definition) is 0. The largest absolute Gasteiger partial charge is 0.256 e. The van der Waals surface area contributed by atoms with E-state index in [1.54, 1.807) is 0 Å². The average Bonchev–Trinajstić information content (AvgIpc) is 3.28. The van der Waals surface area contributed by atoms with Crippen LogP contribution in [-0.4, -0.2) is 416 Å². The lowest BCUT2D eigenvalue weighted by molar-refractivity contribution is 1.33. The fourth-order valence-corrected chi connectivity index (χ4v) is 12.6. The van der Waals surface area contributed by atoms with E-state index in [1.165, 1.54) is 11.1 Å². The van der Waals surface area contributed by atoms with Crippen LogP contribution < -0.4 is 0 Å². The number of hydrogen-bond acceptors (Lipinski definition) is 1. The van der Waals surface area contributed by atoms with Crippen LogP contribution in [-0.2, 0) is 0 Å². The van der Waals surface area contributed by atoms with Crippen molar-refractivity contribution in [1.29, 1.82) is 0 Å². The summed E-state index contributed by atoms with van der Waals surface area (Å²) >= 11 is 3.58. The molecule has 0 aliphatic carbocycles. The number of benzene rings is 2. The molecule has 77 heavy (non-hydrogen) atoms. The maximum Gasteiger partial charge on any atom is 0.0701 e. The molecule has 60 heteroatoms. The normalized spacial score (nSPS) is 9.88. The molecule has 0 N–H and O–H groups in total. The third kappa shape index (κ3) is 20.8. The predicted molar refractivity (Wildman–Crippen MR) is 417 cm³/mol. The Morgan fingerprint density at radius 2 is 0.455 bits per heavy atom. The second-order valence-electron chi connectivity index (χ2n) is 20.4. The Bertz CT molecular complexity index is 1910. The first-order chi connectivity index (χ1) is 35.7. The molecule has 0 aliphatic rings. The molecule has 0 unspecified atom stereocenters. The molecule has 60 radical (unpaired) electrons. The second-order valence-corrected chi connectivity index (χ2v) is 21.3. The lowest BCUT2D eigenvalue weighted by atomic mass is 8.23. The first-order valence-electron chi connectivity index (χ1n) is 25.1. The van der Waals surface area contributed by atoms with E-state index in [9.17, 15) is 0 Å². The van der Waals surface area contributed by atoms with Crippen molar-refractivity contribution < 1.29 is 0 Å². The van der Waals surface area contributed by atoms with Gasteiger partial charge in [0.1, 0.15) is 0 Å². The molecule has 2 aromatic carbocycles. The van der Waals surface area contributed by atoms with E-state index in [-0.39, 0.29) is 0 Å². The molecule has 0 spiro atoms. The highest BCUT2D eigenvalue weighted by Crippen LogP contribution is 2.30. The minimum absolute atomic E-state index is 1.00. The number of nitrogens with zero attached hydrogens (tertiary/aromatic N) is 1. The molecule has 0 bridgehead atoms. The smallest absolute Gasteiger partial charge is 0.0701 e. The highest BCUT2D eigenvalue weighted by Gasteiger charge is 2.62. The summed E-state index contributed by atoms with van der Waals surface area (Å²) in [6.45, 7) is 0. The minimum atomic E-state index is -1.53. The van der Waals surface area contributed by atoms with Gasteiger partial charge in [0.25, 0.3) is 0 Å². The van der Waals surface area contributed by atoms with E-state index >= 15 is 0 Å². The van der Waals surface area contributed by atoms with Crippen LogP contribution in [0.25, 0.3) is 22.4 Å². The molecular weight excluding hydrogens is 925 g/mol. The lowest BCUT2D eigenvalue weighted by Gasteiger charge is -2.58.